The van der Waals surface area contributed by atoms with Gasteiger partial charge in [-0.15, -0.1) is 0 Å². The quantitative estimate of drug-likeness (QED) is 0.313. The highest BCUT2D eigenvalue weighted by Gasteiger charge is 2.84. The van der Waals surface area contributed by atoms with Crippen molar-refractivity contribution < 1.29 is 28.7 Å². The molecule has 6 rings (SSSR count). The number of hydrogen-bond donors (Lipinski definition) is 1. The molecule has 6 aliphatic rings. The van der Waals surface area contributed by atoms with E-state index in [4.69, 9.17) is 15.2 Å². The lowest BCUT2D eigenvalue weighted by molar-refractivity contribution is -0.192. The highest BCUT2D eigenvalue weighted by atomic mass is 16.6. The molecule has 9 atom stereocenters. The normalized spacial score (nSPS) is 50.7. The second-order valence-electron chi connectivity index (χ2n) is 15.8. The number of carbonyl (C=O) groups is 4. The number of nitrogens with two attached hydrogens (primary N) is 1. The summed E-state index contributed by atoms with van der Waals surface area (Å²) < 4.78 is 11.5. The van der Waals surface area contributed by atoms with Crippen LogP contribution >= 0.6 is 0 Å². The Hall–Kier alpha value is -2.02. The van der Waals surface area contributed by atoms with E-state index in [9.17, 15) is 19.2 Å². The van der Waals surface area contributed by atoms with Gasteiger partial charge < -0.3 is 15.2 Å². The van der Waals surface area contributed by atoms with Gasteiger partial charge in [0.15, 0.2) is 11.6 Å². The predicted molar refractivity (Wildman–Crippen MR) is 144 cm³/mol. The molecule has 1 saturated heterocycles. The molecule has 9 unspecified atom stereocenters. The number of amides is 1. The van der Waals surface area contributed by atoms with Gasteiger partial charge in [0, 0.05) is 16.7 Å². The molecular formula is C32H45NO6. The van der Waals surface area contributed by atoms with Crippen molar-refractivity contribution in [3.63, 3.8) is 0 Å². The molecule has 39 heavy (non-hydrogen) atoms. The Bertz CT molecular complexity index is 1250. The first-order valence-electron chi connectivity index (χ1n) is 14.8. The lowest BCUT2D eigenvalue weighted by Gasteiger charge is -2.69. The number of methoxy groups -OCH3 is 1. The van der Waals surface area contributed by atoms with Crippen LogP contribution in [-0.4, -0.2) is 42.3 Å². The largest absolute Gasteiger partial charge is 0.469 e. The third-order valence-electron chi connectivity index (χ3n) is 13.5. The summed E-state index contributed by atoms with van der Waals surface area (Å²) in [5.41, 5.74) is 2.41. The molecule has 7 heteroatoms. The van der Waals surface area contributed by atoms with Crippen LogP contribution < -0.4 is 5.73 Å². The molecule has 1 aliphatic heterocycles. The Labute approximate surface area is 232 Å². The van der Waals surface area contributed by atoms with Crippen LogP contribution in [0.2, 0.25) is 0 Å². The standard InChI is InChI=1S/C32H45NO6/c1-26(2)11-13-31(25(37)38-8)14-12-29(6)21(17(31)16-26)18(34)15-20-28(29,5)10-9-19-27(3,4)22(35)32(24(33)36)23(39-32)30(19,20)7/h15,17,19,21,23H,9-14,16H2,1-8H3,(H2,33,36). The van der Waals surface area contributed by atoms with Crippen LogP contribution in [0.1, 0.15) is 93.4 Å². The summed E-state index contributed by atoms with van der Waals surface area (Å²) in [7, 11) is 1.47. The van der Waals surface area contributed by atoms with Gasteiger partial charge in [0.1, 0.15) is 6.10 Å². The number of hydrogen-bond acceptors (Lipinski definition) is 6. The first kappa shape index (κ1) is 27.2. The number of rotatable bonds is 2. The number of carbonyl (C=O) groups excluding carboxylic acids is 4. The van der Waals surface area contributed by atoms with Crippen molar-refractivity contribution in [3.05, 3.63) is 11.6 Å². The number of ketones is 2. The minimum atomic E-state index is -1.62. The van der Waals surface area contributed by atoms with Crippen LogP contribution in [0, 0.1) is 50.2 Å². The van der Waals surface area contributed by atoms with E-state index in [0.717, 1.165) is 44.1 Å². The molecule has 1 amide bonds. The van der Waals surface area contributed by atoms with E-state index in [1.807, 2.05) is 19.9 Å². The second-order valence-corrected chi connectivity index (χ2v) is 15.8. The molecule has 0 aromatic carbocycles. The van der Waals surface area contributed by atoms with Gasteiger partial charge in [0.25, 0.3) is 5.91 Å². The van der Waals surface area contributed by atoms with Crippen molar-refractivity contribution >= 4 is 23.4 Å². The zero-order valence-electron chi connectivity index (χ0n) is 24.9. The van der Waals surface area contributed by atoms with E-state index < -0.39 is 33.9 Å². The van der Waals surface area contributed by atoms with Gasteiger partial charge in [-0.2, -0.15) is 0 Å². The number of epoxide rings is 1. The van der Waals surface area contributed by atoms with Crippen LogP contribution in [0.15, 0.2) is 11.6 Å². The van der Waals surface area contributed by atoms with Crippen molar-refractivity contribution in [1.82, 2.24) is 0 Å². The summed E-state index contributed by atoms with van der Waals surface area (Å²) in [6.07, 6.45) is 6.79. The van der Waals surface area contributed by atoms with Crippen LogP contribution in [-0.2, 0) is 28.7 Å². The fraction of sp³-hybridized carbons (Fsp3) is 0.812. The van der Waals surface area contributed by atoms with Gasteiger partial charge in [-0.3, -0.25) is 19.2 Å². The lowest BCUT2D eigenvalue weighted by atomic mass is 9.33. The molecule has 1 heterocycles. The van der Waals surface area contributed by atoms with Crippen LogP contribution in [0.25, 0.3) is 0 Å². The van der Waals surface area contributed by atoms with Gasteiger partial charge in [-0.05, 0) is 79.1 Å². The molecular weight excluding hydrogens is 494 g/mol. The molecule has 7 nitrogen and oxygen atoms in total. The Balaban J connectivity index is 1.53. The van der Waals surface area contributed by atoms with Gasteiger partial charge in [-0.1, -0.05) is 54.0 Å². The average molecular weight is 540 g/mol. The van der Waals surface area contributed by atoms with E-state index in [-0.39, 0.29) is 51.5 Å². The second kappa shape index (κ2) is 7.43. The fourth-order valence-electron chi connectivity index (χ4n) is 11.2. The predicted octanol–water partition coefficient (Wildman–Crippen LogP) is 4.55. The molecule has 0 aromatic rings. The monoisotopic (exact) mass is 539 g/mol. The maximum absolute atomic E-state index is 14.5. The van der Waals surface area contributed by atoms with Crippen molar-refractivity contribution in [2.24, 2.45) is 56.0 Å². The van der Waals surface area contributed by atoms with E-state index in [1.54, 1.807) is 0 Å². The number of fused-ring (bicyclic) bond motifs is 9. The minimum absolute atomic E-state index is 0.0337. The van der Waals surface area contributed by atoms with Gasteiger partial charge >= 0.3 is 5.97 Å². The van der Waals surface area contributed by atoms with Gasteiger partial charge in [0.05, 0.1) is 12.5 Å². The average Bonchev–Trinajstić information content (AvgIpc) is 3.62. The summed E-state index contributed by atoms with van der Waals surface area (Å²) in [6, 6.07) is 0. The maximum Gasteiger partial charge on any atom is 0.312 e. The zero-order valence-corrected chi connectivity index (χ0v) is 24.9. The highest BCUT2D eigenvalue weighted by molar-refractivity contribution is 6.15. The molecule has 214 valence electrons. The smallest absolute Gasteiger partial charge is 0.312 e. The zero-order chi connectivity index (χ0) is 28.8. The lowest BCUT2D eigenvalue weighted by Crippen LogP contribution is -2.68. The van der Waals surface area contributed by atoms with Crippen molar-refractivity contribution in [1.29, 1.82) is 0 Å². The Morgan fingerprint density at radius 2 is 1.62 bits per heavy atom. The van der Waals surface area contributed by atoms with E-state index in [1.165, 1.54) is 7.11 Å². The van der Waals surface area contributed by atoms with E-state index in [2.05, 4.69) is 34.6 Å². The van der Waals surface area contributed by atoms with Crippen LogP contribution in [0.4, 0.5) is 0 Å². The highest BCUT2D eigenvalue weighted by Crippen LogP contribution is 2.77. The molecule has 5 aliphatic carbocycles. The molecule has 2 N–H and O–H groups in total. The minimum Gasteiger partial charge on any atom is -0.469 e. The van der Waals surface area contributed by atoms with E-state index >= 15 is 0 Å². The summed E-state index contributed by atoms with van der Waals surface area (Å²) in [6.45, 7) is 15.0. The Morgan fingerprint density at radius 3 is 2.23 bits per heavy atom. The van der Waals surface area contributed by atoms with Crippen LogP contribution in [0.3, 0.4) is 0 Å². The molecule has 4 saturated carbocycles. The summed E-state index contributed by atoms with van der Waals surface area (Å²) in [5.74, 6) is -1.51. The maximum atomic E-state index is 14.5. The first-order chi connectivity index (χ1) is 17.9. The molecule has 0 aromatic heterocycles. The SMILES string of the molecule is COC(=O)C12CCC(C)(C)CC1C1C(=O)C=C3C4(C)C(CCC3(C)C1(C)CC2)C(C)(C)C(=O)C1(C(N)=O)OC14. The summed E-state index contributed by atoms with van der Waals surface area (Å²) in [5, 5.41) is 0. The van der Waals surface area contributed by atoms with Crippen molar-refractivity contribution in [2.45, 2.75) is 105 Å². The summed E-state index contributed by atoms with van der Waals surface area (Å²) in [4.78, 5) is 54.3. The number of ether oxygens (including phenoxy) is 2. The molecule has 0 radical (unpaired) electrons. The van der Waals surface area contributed by atoms with Gasteiger partial charge in [0.2, 0.25) is 5.60 Å². The molecule has 5 fully saturated rings. The number of Topliss-reactive ketones (excluding diaryl/α,β-unsaturated/α-hetero) is 1. The number of primary amides is 1. The van der Waals surface area contributed by atoms with Gasteiger partial charge in [-0.25, -0.2) is 0 Å². The number of allylic oxidation sites excluding steroid dienone is 1. The molecule has 0 spiro atoms. The topological polar surface area (TPSA) is 116 Å². The first-order valence-corrected chi connectivity index (χ1v) is 14.8. The fourth-order valence-corrected chi connectivity index (χ4v) is 11.2. The molecule has 0 bridgehead atoms. The van der Waals surface area contributed by atoms with Crippen molar-refractivity contribution in [2.75, 3.05) is 7.11 Å². The Morgan fingerprint density at radius 1 is 0.974 bits per heavy atom. The third-order valence-corrected chi connectivity index (χ3v) is 13.5. The summed E-state index contributed by atoms with van der Waals surface area (Å²) >= 11 is 0. The van der Waals surface area contributed by atoms with Crippen LogP contribution in [0.5, 0.6) is 0 Å². The van der Waals surface area contributed by atoms with E-state index in [0.29, 0.717) is 6.42 Å². The Kier molecular flexibility index (Phi) is 5.17. The third kappa shape index (κ3) is 2.84. The van der Waals surface area contributed by atoms with Crippen molar-refractivity contribution in [3.8, 4) is 0 Å². The number of esters is 1.